The van der Waals surface area contributed by atoms with Gasteiger partial charge < -0.3 is 20.5 Å². The minimum atomic E-state index is -0.180. The molecule has 1 fully saturated rings. The fourth-order valence-corrected chi connectivity index (χ4v) is 2.96. The maximum absolute atomic E-state index is 9.60. The van der Waals surface area contributed by atoms with Gasteiger partial charge in [0.05, 0.1) is 23.7 Å². The lowest BCUT2D eigenvalue weighted by atomic mass is 9.93. The number of rotatable bonds is 2. The van der Waals surface area contributed by atoms with Crippen LogP contribution in [0.1, 0.15) is 37.3 Å². The Kier molecular flexibility index (Phi) is 3.16. The molecule has 0 spiro atoms. The highest BCUT2D eigenvalue weighted by atomic mass is 16.3. The molecule has 0 unspecified atom stereocenters. The largest absolute Gasteiger partial charge is 0.393 e. The topological polar surface area (TPSA) is 84.3 Å². The first-order valence-corrected chi connectivity index (χ1v) is 6.74. The highest BCUT2D eigenvalue weighted by Crippen LogP contribution is 2.33. The predicted octanol–water partition coefficient (Wildman–Crippen LogP) is 1.59. The van der Waals surface area contributed by atoms with Gasteiger partial charge in [0, 0.05) is 6.04 Å². The quantitative estimate of drug-likeness (QED) is 0.766. The van der Waals surface area contributed by atoms with Crippen LogP contribution in [0.3, 0.4) is 0 Å². The Labute approximate surface area is 111 Å². The van der Waals surface area contributed by atoms with E-state index in [4.69, 9.17) is 5.73 Å². The fourth-order valence-electron chi connectivity index (χ4n) is 2.96. The average molecular weight is 261 g/mol. The van der Waals surface area contributed by atoms with E-state index in [1.807, 2.05) is 18.2 Å². The van der Waals surface area contributed by atoms with Gasteiger partial charge in [0.2, 0.25) is 5.95 Å². The van der Waals surface area contributed by atoms with Gasteiger partial charge in [-0.25, -0.2) is 4.98 Å². The molecule has 0 amide bonds. The van der Waals surface area contributed by atoms with Gasteiger partial charge in [-0.15, -0.1) is 0 Å². The molecule has 1 aliphatic rings. The Morgan fingerprint density at radius 2 is 2.00 bits per heavy atom. The van der Waals surface area contributed by atoms with Crippen LogP contribution < -0.4 is 5.73 Å². The summed E-state index contributed by atoms with van der Waals surface area (Å²) < 4.78 is 2.06. The number of hydrogen-bond donors (Lipinski definition) is 3. The first-order chi connectivity index (χ1) is 9.19. The van der Waals surface area contributed by atoms with Gasteiger partial charge in [-0.05, 0) is 43.4 Å². The molecular formula is C14H19N3O2. The van der Waals surface area contributed by atoms with Crippen molar-refractivity contribution in [2.45, 2.75) is 44.4 Å². The molecule has 5 heteroatoms. The van der Waals surface area contributed by atoms with E-state index in [1.54, 1.807) is 0 Å². The normalized spacial score (nSPS) is 23.9. The molecule has 1 heterocycles. The molecule has 1 aliphatic carbocycles. The Morgan fingerprint density at radius 1 is 1.26 bits per heavy atom. The Morgan fingerprint density at radius 3 is 2.68 bits per heavy atom. The van der Waals surface area contributed by atoms with E-state index in [0.717, 1.165) is 42.3 Å². The minimum absolute atomic E-state index is 0.0183. The third-order valence-electron chi connectivity index (χ3n) is 4.00. The van der Waals surface area contributed by atoms with Gasteiger partial charge in [-0.3, -0.25) is 0 Å². The third-order valence-corrected chi connectivity index (χ3v) is 4.00. The van der Waals surface area contributed by atoms with Gasteiger partial charge in [0.25, 0.3) is 0 Å². The Bertz CT molecular complexity index is 586. The molecule has 4 N–H and O–H groups in total. The van der Waals surface area contributed by atoms with Crippen molar-refractivity contribution in [3.8, 4) is 0 Å². The van der Waals surface area contributed by atoms with Crippen LogP contribution in [0.15, 0.2) is 18.2 Å². The zero-order valence-electron chi connectivity index (χ0n) is 10.8. The van der Waals surface area contributed by atoms with Crippen LogP contribution in [-0.4, -0.2) is 25.9 Å². The molecule has 0 radical (unpaired) electrons. The predicted molar refractivity (Wildman–Crippen MR) is 73.6 cm³/mol. The molecule has 102 valence electrons. The van der Waals surface area contributed by atoms with Crippen LogP contribution in [0, 0.1) is 0 Å². The molecule has 1 aromatic heterocycles. The number of nitrogen functional groups attached to an aromatic ring is 1. The molecule has 0 atom stereocenters. The SMILES string of the molecule is Nc1nc2ccc(CO)cc2n1C1CCC(O)CC1. The van der Waals surface area contributed by atoms with Gasteiger partial charge in [0.1, 0.15) is 0 Å². The second kappa shape index (κ2) is 4.83. The third kappa shape index (κ3) is 2.19. The highest BCUT2D eigenvalue weighted by molar-refractivity contribution is 5.79. The van der Waals surface area contributed by atoms with Crippen molar-refractivity contribution < 1.29 is 10.2 Å². The molecule has 2 aromatic rings. The number of nitrogens with two attached hydrogens (primary N) is 1. The van der Waals surface area contributed by atoms with Crippen molar-refractivity contribution in [1.29, 1.82) is 0 Å². The van der Waals surface area contributed by atoms with Crippen molar-refractivity contribution in [2.24, 2.45) is 0 Å². The van der Waals surface area contributed by atoms with Crippen LogP contribution in [-0.2, 0) is 6.61 Å². The fraction of sp³-hybridized carbons (Fsp3) is 0.500. The number of hydrogen-bond acceptors (Lipinski definition) is 4. The summed E-state index contributed by atoms with van der Waals surface area (Å²) in [5, 5.41) is 18.8. The zero-order valence-corrected chi connectivity index (χ0v) is 10.8. The van der Waals surface area contributed by atoms with Gasteiger partial charge in [0.15, 0.2) is 0 Å². The van der Waals surface area contributed by atoms with E-state index in [-0.39, 0.29) is 12.7 Å². The number of imidazole rings is 1. The second-order valence-corrected chi connectivity index (χ2v) is 5.28. The summed E-state index contributed by atoms with van der Waals surface area (Å²) in [4.78, 5) is 4.38. The number of aliphatic hydroxyl groups is 2. The van der Waals surface area contributed by atoms with Gasteiger partial charge >= 0.3 is 0 Å². The first-order valence-electron chi connectivity index (χ1n) is 6.74. The molecule has 19 heavy (non-hydrogen) atoms. The number of aliphatic hydroxyl groups excluding tert-OH is 2. The maximum Gasteiger partial charge on any atom is 0.201 e. The van der Waals surface area contributed by atoms with E-state index in [9.17, 15) is 10.2 Å². The number of fused-ring (bicyclic) bond motifs is 1. The molecule has 0 saturated heterocycles. The summed E-state index contributed by atoms with van der Waals surface area (Å²) in [7, 11) is 0. The maximum atomic E-state index is 9.60. The lowest BCUT2D eigenvalue weighted by Gasteiger charge is -2.27. The molecule has 1 saturated carbocycles. The summed E-state index contributed by atoms with van der Waals surface area (Å²) in [6.07, 6.45) is 3.27. The van der Waals surface area contributed by atoms with Crippen molar-refractivity contribution >= 4 is 17.0 Å². The Balaban J connectivity index is 2.04. The Hall–Kier alpha value is -1.59. The lowest BCUT2D eigenvalue weighted by molar-refractivity contribution is 0.112. The van der Waals surface area contributed by atoms with Crippen LogP contribution in [0.2, 0.25) is 0 Å². The smallest absolute Gasteiger partial charge is 0.201 e. The van der Waals surface area contributed by atoms with E-state index >= 15 is 0 Å². The zero-order chi connectivity index (χ0) is 13.4. The summed E-state index contributed by atoms with van der Waals surface area (Å²) in [5.41, 5.74) is 8.74. The van der Waals surface area contributed by atoms with Crippen LogP contribution in [0.25, 0.3) is 11.0 Å². The van der Waals surface area contributed by atoms with Crippen molar-refractivity contribution in [3.05, 3.63) is 23.8 Å². The molecule has 0 bridgehead atoms. The van der Waals surface area contributed by atoms with Crippen molar-refractivity contribution in [1.82, 2.24) is 9.55 Å². The molecule has 0 aliphatic heterocycles. The molecule has 3 rings (SSSR count). The highest BCUT2D eigenvalue weighted by Gasteiger charge is 2.24. The minimum Gasteiger partial charge on any atom is -0.393 e. The van der Waals surface area contributed by atoms with E-state index in [0.29, 0.717) is 12.0 Å². The summed E-state index contributed by atoms with van der Waals surface area (Å²) in [6.45, 7) is 0.0183. The van der Waals surface area contributed by atoms with Gasteiger partial charge in [-0.1, -0.05) is 6.07 Å². The van der Waals surface area contributed by atoms with Crippen molar-refractivity contribution in [2.75, 3.05) is 5.73 Å². The lowest BCUT2D eigenvalue weighted by Crippen LogP contribution is -2.22. The first kappa shape index (κ1) is 12.4. The number of benzene rings is 1. The van der Waals surface area contributed by atoms with Crippen LogP contribution in [0.5, 0.6) is 0 Å². The monoisotopic (exact) mass is 261 g/mol. The van der Waals surface area contributed by atoms with E-state index in [1.165, 1.54) is 0 Å². The molecule has 1 aromatic carbocycles. The van der Waals surface area contributed by atoms with Crippen LogP contribution in [0.4, 0.5) is 5.95 Å². The number of aromatic nitrogens is 2. The average Bonchev–Trinajstić information content (AvgIpc) is 2.75. The second-order valence-electron chi connectivity index (χ2n) is 5.28. The number of anilines is 1. The summed E-state index contributed by atoms with van der Waals surface area (Å²) in [5.74, 6) is 0.520. The standard InChI is InChI=1S/C14H19N3O2/c15-14-16-12-6-1-9(8-18)7-13(12)17(14)10-2-4-11(19)5-3-10/h1,6-7,10-11,18-19H,2-5,8H2,(H2,15,16). The number of nitrogens with zero attached hydrogens (tertiary/aromatic N) is 2. The molecular weight excluding hydrogens is 242 g/mol. The van der Waals surface area contributed by atoms with E-state index < -0.39 is 0 Å². The summed E-state index contributed by atoms with van der Waals surface area (Å²) in [6, 6.07) is 6.00. The molecule has 5 nitrogen and oxygen atoms in total. The van der Waals surface area contributed by atoms with Crippen molar-refractivity contribution in [3.63, 3.8) is 0 Å². The van der Waals surface area contributed by atoms with E-state index in [2.05, 4.69) is 9.55 Å². The summed E-state index contributed by atoms with van der Waals surface area (Å²) >= 11 is 0. The van der Waals surface area contributed by atoms with Crippen LogP contribution >= 0.6 is 0 Å². The van der Waals surface area contributed by atoms with Gasteiger partial charge in [-0.2, -0.15) is 0 Å².